The fourth-order valence-electron chi connectivity index (χ4n) is 2.03. The van der Waals surface area contributed by atoms with Crippen molar-refractivity contribution in [1.82, 2.24) is 19.8 Å². The lowest BCUT2D eigenvalue weighted by atomic mass is 10.2. The van der Waals surface area contributed by atoms with Crippen LogP contribution in [-0.4, -0.2) is 53.0 Å². The molecule has 88 valence electrons. The SMILES string of the molecule is CN(C)C1CCN(Cc2cnc(Cl)cn2)C1. The molecule has 2 heterocycles. The van der Waals surface area contributed by atoms with E-state index in [9.17, 15) is 0 Å². The number of aromatic nitrogens is 2. The highest BCUT2D eigenvalue weighted by Gasteiger charge is 2.23. The van der Waals surface area contributed by atoms with E-state index in [1.165, 1.54) is 6.42 Å². The van der Waals surface area contributed by atoms with Gasteiger partial charge in [0.15, 0.2) is 0 Å². The van der Waals surface area contributed by atoms with Gasteiger partial charge in [-0.05, 0) is 20.5 Å². The van der Waals surface area contributed by atoms with Crippen LogP contribution in [0.15, 0.2) is 12.4 Å². The van der Waals surface area contributed by atoms with Gasteiger partial charge in [-0.15, -0.1) is 0 Å². The lowest BCUT2D eigenvalue weighted by Crippen LogP contribution is -2.31. The topological polar surface area (TPSA) is 32.3 Å². The molecule has 16 heavy (non-hydrogen) atoms. The first kappa shape index (κ1) is 11.8. The molecular weight excluding hydrogens is 224 g/mol. The van der Waals surface area contributed by atoms with Crippen molar-refractivity contribution < 1.29 is 0 Å². The second-order valence-corrected chi connectivity index (χ2v) is 4.86. The first-order valence-corrected chi connectivity index (χ1v) is 5.88. The van der Waals surface area contributed by atoms with Crippen LogP contribution < -0.4 is 0 Å². The summed E-state index contributed by atoms with van der Waals surface area (Å²) in [7, 11) is 4.27. The Hall–Kier alpha value is -0.710. The maximum Gasteiger partial charge on any atom is 0.147 e. The quantitative estimate of drug-likeness (QED) is 0.797. The zero-order chi connectivity index (χ0) is 11.5. The molecule has 4 nitrogen and oxygen atoms in total. The smallest absolute Gasteiger partial charge is 0.147 e. The summed E-state index contributed by atoms with van der Waals surface area (Å²) in [5.41, 5.74) is 0.990. The van der Waals surface area contributed by atoms with Gasteiger partial charge in [-0.3, -0.25) is 9.88 Å². The first-order valence-electron chi connectivity index (χ1n) is 5.50. The summed E-state index contributed by atoms with van der Waals surface area (Å²) < 4.78 is 0. The third-order valence-corrected chi connectivity index (χ3v) is 3.23. The van der Waals surface area contributed by atoms with Gasteiger partial charge < -0.3 is 4.90 Å². The molecule has 0 spiro atoms. The molecule has 1 aromatic rings. The number of hydrogen-bond donors (Lipinski definition) is 0. The molecule has 1 aromatic heterocycles. The Labute approximate surface area is 101 Å². The van der Waals surface area contributed by atoms with Gasteiger partial charge in [0.05, 0.1) is 18.1 Å². The van der Waals surface area contributed by atoms with Crippen molar-refractivity contribution in [2.45, 2.75) is 19.0 Å². The third-order valence-electron chi connectivity index (χ3n) is 3.04. The van der Waals surface area contributed by atoms with Crippen LogP contribution in [0.5, 0.6) is 0 Å². The average Bonchev–Trinajstić information content (AvgIpc) is 2.70. The number of nitrogens with zero attached hydrogens (tertiary/aromatic N) is 4. The zero-order valence-corrected chi connectivity index (χ0v) is 10.5. The second-order valence-electron chi connectivity index (χ2n) is 4.47. The molecule has 2 rings (SSSR count). The van der Waals surface area contributed by atoms with Crippen LogP contribution >= 0.6 is 11.6 Å². The predicted molar refractivity (Wildman–Crippen MR) is 64.4 cm³/mol. The van der Waals surface area contributed by atoms with Crippen molar-refractivity contribution >= 4 is 11.6 Å². The normalized spacial score (nSPS) is 21.9. The van der Waals surface area contributed by atoms with Crippen LogP contribution in [0.1, 0.15) is 12.1 Å². The predicted octanol–water partition coefficient (Wildman–Crippen LogP) is 1.27. The summed E-state index contributed by atoms with van der Waals surface area (Å²) in [6.07, 6.45) is 4.59. The molecule has 1 saturated heterocycles. The molecule has 1 aliphatic rings. The molecule has 1 aliphatic heterocycles. The minimum absolute atomic E-state index is 0.455. The number of hydrogen-bond acceptors (Lipinski definition) is 4. The average molecular weight is 241 g/mol. The summed E-state index contributed by atoms with van der Waals surface area (Å²) >= 11 is 5.70. The van der Waals surface area contributed by atoms with Gasteiger partial charge in [-0.2, -0.15) is 0 Å². The lowest BCUT2D eigenvalue weighted by molar-refractivity contribution is 0.263. The Balaban J connectivity index is 1.89. The molecule has 0 aromatic carbocycles. The van der Waals surface area contributed by atoms with E-state index in [2.05, 4.69) is 33.9 Å². The van der Waals surface area contributed by atoms with Gasteiger partial charge in [0, 0.05) is 25.7 Å². The van der Waals surface area contributed by atoms with E-state index in [0.717, 1.165) is 25.3 Å². The fourth-order valence-corrected chi connectivity index (χ4v) is 2.12. The van der Waals surface area contributed by atoms with Gasteiger partial charge in [-0.25, -0.2) is 4.98 Å². The number of likely N-dealkylation sites (N-methyl/N-ethyl adjacent to an activating group) is 1. The van der Waals surface area contributed by atoms with Crippen molar-refractivity contribution in [3.05, 3.63) is 23.2 Å². The largest absolute Gasteiger partial charge is 0.305 e. The minimum atomic E-state index is 0.455. The minimum Gasteiger partial charge on any atom is -0.305 e. The molecule has 1 atom stereocenters. The summed E-state index contributed by atoms with van der Waals surface area (Å²) in [4.78, 5) is 13.0. The van der Waals surface area contributed by atoms with Crippen molar-refractivity contribution in [2.24, 2.45) is 0 Å². The Morgan fingerprint density at radius 3 is 2.81 bits per heavy atom. The third kappa shape index (κ3) is 2.90. The molecule has 0 radical (unpaired) electrons. The maximum atomic E-state index is 5.70. The highest BCUT2D eigenvalue weighted by atomic mass is 35.5. The molecule has 0 amide bonds. The second kappa shape index (κ2) is 5.08. The van der Waals surface area contributed by atoms with Gasteiger partial charge in [-0.1, -0.05) is 11.6 Å². The number of likely N-dealkylation sites (tertiary alicyclic amines) is 1. The Kier molecular flexibility index (Phi) is 3.74. The van der Waals surface area contributed by atoms with E-state index in [4.69, 9.17) is 11.6 Å². The highest BCUT2D eigenvalue weighted by molar-refractivity contribution is 6.29. The Morgan fingerprint density at radius 2 is 2.25 bits per heavy atom. The van der Waals surface area contributed by atoms with Crippen molar-refractivity contribution in [1.29, 1.82) is 0 Å². The van der Waals surface area contributed by atoms with Crippen molar-refractivity contribution in [3.8, 4) is 0 Å². The van der Waals surface area contributed by atoms with Gasteiger partial charge in [0.25, 0.3) is 0 Å². The van der Waals surface area contributed by atoms with E-state index < -0.39 is 0 Å². The molecule has 1 fully saturated rings. The van der Waals surface area contributed by atoms with Crippen LogP contribution in [0, 0.1) is 0 Å². The van der Waals surface area contributed by atoms with Gasteiger partial charge in [0.1, 0.15) is 5.15 Å². The van der Waals surface area contributed by atoms with E-state index in [-0.39, 0.29) is 0 Å². The zero-order valence-electron chi connectivity index (χ0n) is 9.73. The summed E-state index contributed by atoms with van der Waals surface area (Å²) in [6, 6.07) is 0.667. The summed E-state index contributed by atoms with van der Waals surface area (Å²) in [6.45, 7) is 3.11. The van der Waals surface area contributed by atoms with E-state index in [1.54, 1.807) is 12.4 Å². The number of halogens is 1. The molecule has 0 N–H and O–H groups in total. The molecular formula is C11H17ClN4. The maximum absolute atomic E-state index is 5.70. The molecule has 5 heteroatoms. The monoisotopic (exact) mass is 240 g/mol. The summed E-state index contributed by atoms with van der Waals surface area (Å²) in [5.74, 6) is 0. The fraction of sp³-hybridized carbons (Fsp3) is 0.636. The van der Waals surface area contributed by atoms with Crippen molar-refractivity contribution in [2.75, 3.05) is 27.2 Å². The molecule has 0 saturated carbocycles. The standard InChI is InChI=1S/C11H17ClN4/c1-15(2)10-3-4-16(8-10)7-9-5-14-11(12)6-13-9/h5-6,10H,3-4,7-8H2,1-2H3. The van der Waals surface area contributed by atoms with Crippen LogP contribution in [0.3, 0.4) is 0 Å². The Morgan fingerprint density at radius 1 is 1.44 bits per heavy atom. The molecule has 1 unspecified atom stereocenters. The van der Waals surface area contributed by atoms with E-state index in [0.29, 0.717) is 11.2 Å². The van der Waals surface area contributed by atoms with Crippen LogP contribution in [0.25, 0.3) is 0 Å². The van der Waals surface area contributed by atoms with Gasteiger partial charge in [0.2, 0.25) is 0 Å². The molecule has 0 aliphatic carbocycles. The number of rotatable bonds is 3. The van der Waals surface area contributed by atoms with E-state index >= 15 is 0 Å². The van der Waals surface area contributed by atoms with Crippen molar-refractivity contribution in [3.63, 3.8) is 0 Å². The van der Waals surface area contributed by atoms with Crippen LogP contribution in [0.2, 0.25) is 5.15 Å². The highest BCUT2D eigenvalue weighted by Crippen LogP contribution is 2.15. The van der Waals surface area contributed by atoms with E-state index in [1.807, 2.05) is 0 Å². The van der Waals surface area contributed by atoms with Gasteiger partial charge >= 0.3 is 0 Å². The molecule has 0 bridgehead atoms. The Bertz CT molecular complexity index is 338. The van der Waals surface area contributed by atoms with Crippen LogP contribution in [0.4, 0.5) is 0 Å². The lowest BCUT2D eigenvalue weighted by Gasteiger charge is -2.19. The first-order chi connectivity index (χ1) is 7.65. The summed E-state index contributed by atoms with van der Waals surface area (Å²) in [5, 5.41) is 0.455. The van der Waals surface area contributed by atoms with Crippen LogP contribution in [-0.2, 0) is 6.54 Å².